The van der Waals surface area contributed by atoms with Gasteiger partial charge in [-0.15, -0.1) is 0 Å². The zero-order valence-electron chi connectivity index (χ0n) is 10.3. The zero-order chi connectivity index (χ0) is 15.4. The molecule has 0 fully saturated rings. The Balaban J connectivity index is 3.14. The summed E-state index contributed by atoms with van der Waals surface area (Å²) < 4.78 is 30.4. The highest BCUT2D eigenvalue weighted by molar-refractivity contribution is 5.89. The van der Waals surface area contributed by atoms with Crippen molar-refractivity contribution in [2.24, 2.45) is 0 Å². The van der Waals surface area contributed by atoms with E-state index in [1.165, 1.54) is 0 Å². The van der Waals surface area contributed by atoms with Crippen molar-refractivity contribution in [1.29, 1.82) is 0 Å². The van der Waals surface area contributed by atoms with Crippen LogP contribution in [-0.4, -0.2) is 40.5 Å². The van der Waals surface area contributed by atoms with Gasteiger partial charge in [-0.2, -0.15) is 0 Å². The van der Waals surface area contributed by atoms with Crippen molar-refractivity contribution in [3.05, 3.63) is 34.9 Å². The predicted molar refractivity (Wildman–Crippen MR) is 60.9 cm³/mol. The molecule has 0 amide bonds. The maximum Gasteiger partial charge on any atom is 0.336 e. The summed E-state index contributed by atoms with van der Waals surface area (Å²) in [5.41, 5.74) is -1.24. The summed E-state index contributed by atoms with van der Waals surface area (Å²) in [6, 6.07) is 0.852. The minimum atomic E-state index is -1.88. The number of rotatable bonds is 5. The SMILES string of the molecule is COC(=O)CC(O)C(O)c1cc(F)c(F)cc1C(=O)O. The molecule has 20 heavy (non-hydrogen) atoms. The summed E-state index contributed by atoms with van der Waals surface area (Å²) >= 11 is 0. The monoisotopic (exact) mass is 290 g/mol. The highest BCUT2D eigenvalue weighted by Gasteiger charge is 2.27. The van der Waals surface area contributed by atoms with Gasteiger partial charge in [-0.1, -0.05) is 0 Å². The first-order chi connectivity index (χ1) is 9.27. The Morgan fingerprint density at radius 2 is 1.80 bits per heavy atom. The van der Waals surface area contributed by atoms with Crippen LogP contribution in [0.3, 0.4) is 0 Å². The van der Waals surface area contributed by atoms with Crippen LogP contribution < -0.4 is 0 Å². The molecule has 0 heterocycles. The summed E-state index contributed by atoms with van der Waals surface area (Å²) in [7, 11) is 1.06. The van der Waals surface area contributed by atoms with E-state index in [0.29, 0.717) is 12.1 Å². The van der Waals surface area contributed by atoms with E-state index in [4.69, 9.17) is 5.11 Å². The first kappa shape index (κ1) is 16.0. The normalized spacial score (nSPS) is 13.7. The lowest BCUT2D eigenvalue weighted by atomic mass is 9.96. The molecular weight excluding hydrogens is 278 g/mol. The van der Waals surface area contributed by atoms with Crippen molar-refractivity contribution in [2.45, 2.75) is 18.6 Å². The van der Waals surface area contributed by atoms with Gasteiger partial charge in [0.2, 0.25) is 0 Å². The van der Waals surface area contributed by atoms with Crippen LogP contribution >= 0.6 is 0 Å². The van der Waals surface area contributed by atoms with Gasteiger partial charge in [0.05, 0.1) is 25.2 Å². The number of hydrogen-bond donors (Lipinski definition) is 3. The Labute approximate surface area is 112 Å². The van der Waals surface area contributed by atoms with Crippen LogP contribution in [-0.2, 0) is 9.53 Å². The predicted octanol–water partition coefficient (Wildman–Crippen LogP) is 0.620. The van der Waals surface area contributed by atoms with Gasteiger partial charge in [0.25, 0.3) is 0 Å². The van der Waals surface area contributed by atoms with E-state index in [1.807, 2.05) is 0 Å². The van der Waals surface area contributed by atoms with Crippen molar-refractivity contribution < 1.29 is 38.4 Å². The Bertz CT molecular complexity index is 531. The zero-order valence-corrected chi connectivity index (χ0v) is 10.3. The number of hydrogen-bond acceptors (Lipinski definition) is 5. The molecule has 0 aromatic heterocycles. The summed E-state index contributed by atoms with van der Waals surface area (Å²) in [5, 5.41) is 28.2. The number of carbonyl (C=O) groups excluding carboxylic acids is 1. The maximum atomic E-state index is 13.1. The first-order valence-electron chi connectivity index (χ1n) is 5.43. The Hall–Kier alpha value is -2.06. The molecular formula is C12H12F2O6. The molecule has 110 valence electrons. The molecule has 0 spiro atoms. The summed E-state index contributed by atoms with van der Waals surface area (Å²) in [4.78, 5) is 21.9. The van der Waals surface area contributed by atoms with Crippen molar-refractivity contribution in [3.8, 4) is 0 Å². The Morgan fingerprint density at radius 1 is 1.25 bits per heavy atom. The molecule has 2 atom stereocenters. The van der Waals surface area contributed by atoms with E-state index in [0.717, 1.165) is 7.11 Å². The third-order valence-electron chi connectivity index (χ3n) is 2.61. The van der Waals surface area contributed by atoms with Gasteiger partial charge in [0, 0.05) is 5.56 Å². The van der Waals surface area contributed by atoms with Crippen LogP contribution in [0.1, 0.15) is 28.4 Å². The topological polar surface area (TPSA) is 104 Å². The van der Waals surface area contributed by atoms with Gasteiger partial charge in [0.15, 0.2) is 11.6 Å². The Morgan fingerprint density at radius 3 is 2.30 bits per heavy atom. The van der Waals surface area contributed by atoms with E-state index < -0.39 is 53.3 Å². The van der Waals surface area contributed by atoms with E-state index in [1.54, 1.807) is 0 Å². The van der Waals surface area contributed by atoms with Gasteiger partial charge in [-0.05, 0) is 12.1 Å². The second-order valence-electron chi connectivity index (χ2n) is 3.95. The average Bonchev–Trinajstić information content (AvgIpc) is 2.39. The molecule has 2 unspecified atom stereocenters. The smallest absolute Gasteiger partial charge is 0.336 e. The number of carboxylic acids is 1. The van der Waals surface area contributed by atoms with Crippen molar-refractivity contribution in [1.82, 2.24) is 0 Å². The van der Waals surface area contributed by atoms with Crippen LogP contribution in [0.2, 0.25) is 0 Å². The fraction of sp³-hybridized carbons (Fsp3) is 0.333. The molecule has 0 radical (unpaired) electrons. The van der Waals surface area contributed by atoms with Crippen LogP contribution in [0.5, 0.6) is 0 Å². The number of carbonyl (C=O) groups is 2. The first-order valence-corrected chi connectivity index (χ1v) is 5.43. The van der Waals surface area contributed by atoms with Gasteiger partial charge < -0.3 is 20.1 Å². The molecule has 0 aliphatic rings. The van der Waals surface area contributed by atoms with E-state index in [9.17, 15) is 28.6 Å². The molecule has 0 saturated heterocycles. The van der Waals surface area contributed by atoms with Crippen LogP contribution in [0.25, 0.3) is 0 Å². The van der Waals surface area contributed by atoms with Gasteiger partial charge in [0.1, 0.15) is 6.10 Å². The van der Waals surface area contributed by atoms with Crippen molar-refractivity contribution in [3.63, 3.8) is 0 Å². The highest BCUT2D eigenvalue weighted by atomic mass is 19.2. The lowest BCUT2D eigenvalue weighted by Crippen LogP contribution is -2.24. The number of halogens is 2. The number of aliphatic hydroxyl groups is 2. The fourth-order valence-electron chi connectivity index (χ4n) is 1.57. The summed E-state index contributed by atoms with van der Waals surface area (Å²) in [6.45, 7) is 0. The fourth-order valence-corrected chi connectivity index (χ4v) is 1.57. The van der Waals surface area contributed by atoms with Crippen molar-refractivity contribution in [2.75, 3.05) is 7.11 Å². The molecule has 0 bridgehead atoms. The second kappa shape index (κ2) is 6.40. The molecule has 1 aromatic carbocycles. The highest BCUT2D eigenvalue weighted by Crippen LogP contribution is 2.25. The van der Waals surface area contributed by atoms with E-state index >= 15 is 0 Å². The summed E-state index contributed by atoms with van der Waals surface area (Å²) in [5.74, 6) is -5.24. The number of esters is 1. The van der Waals surface area contributed by atoms with Crippen LogP contribution in [0.4, 0.5) is 8.78 Å². The van der Waals surface area contributed by atoms with Gasteiger partial charge >= 0.3 is 11.9 Å². The number of carboxylic acid groups (broad SMARTS) is 1. The molecule has 1 rings (SSSR count). The minimum Gasteiger partial charge on any atom is -0.478 e. The molecule has 8 heteroatoms. The van der Waals surface area contributed by atoms with E-state index in [2.05, 4.69) is 4.74 Å². The standard InChI is InChI=1S/C12H12F2O6/c1-20-10(16)4-9(15)11(17)5-2-7(13)8(14)3-6(5)12(18)19/h2-3,9,11,15,17H,4H2,1H3,(H,18,19). The van der Waals surface area contributed by atoms with Gasteiger partial charge in [-0.3, -0.25) is 4.79 Å². The van der Waals surface area contributed by atoms with Crippen LogP contribution in [0.15, 0.2) is 12.1 Å². The number of benzene rings is 1. The number of methoxy groups -OCH3 is 1. The quantitative estimate of drug-likeness (QED) is 0.687. The number of aromatic carboxylic acids is 1. The lowest BCUT2D eigenvalue weighted by Gasteiger charge is -2.19. The third kappa shape index (κ3) is 3.49. The molecule has 1 aromatic rings. The molecule has 0 aliphatic heterocycles. The lowest BCUT2D eigenvalue weighted by molar-refractivity contribution is -0.144. The van der Waals surface area contributed by atoms with Crippen molar-refractivity contribution >= 4 is 11.9 Å². The molecule has 0 aliphatic carbocycles. The average molecular weight is 290 g/mol. The minimum absolute atomic E-state index is 0.390. The van der Waals surface area contributed by atoms with Crippen LogP contribution in [0, 0.1) is 11.6 Å². The second-order valence-corrected chi connectivity index (χ2v) is 3.95. The van der Waals surface area contributed by atoms with Gasteiger partial charge in [-0.25, -0.2) is 13.6 Å². The number of aliphatic hydroxyl groups excluding tert-OH is 2. The summed E-state index contributed by atoms with van der Waals surface area (Å²) in [6.07, 6.45) is -4.23. The maximum absolute atomic E-state index is 13.1. The largest absolute Gasteiger partial charge is 0.478 e. The Kier molecular flexibility index (Phi) is 5.12. The molecule has 0 saturated carbocycles. The number of ether oxygens (including phenoxy) is 1. The molecule has 3 N–H and O–H groups in total. The molecule has 6 nitrogen and oxygen atoms in total. The van der Waals surface area contributed by atoms with E-state index in [-0.39, 0.29) is 0 Å². The third-order valence-corrected chi connectivity index (χ3v) is 2.61.